The summed E-state index contributed by atoms with van der Waals surface area (Å²) in [4.78, 5) is 19.4. The van der Waals surface area contributed by atoms with Crippen LogP contribution in [0.2, 0.25) is 0 Å². The Morgan fingerprint density at radius 1 is 0.274 bits per heavy atom. The highest BCUT2D eigenvalue weighted by Gasteiger charge is 2.22. The third kappa shape index (κ3) is 8.93. The number of aryl methyl sites for hydroxylation is 2. The molecule has 0 fully saturated rings. The molecule has 6 heterocycles. The Balaban J connectivity index is 0.900. The van der Waals surface area contributed by atoms with Crippen LogP contribution >= 0.6 is 0 Å². The number of pyridine rings is 4. The van der Waals surface area contributed by atoms with Crippen LogP contribution in [0.4, 0.5) is 0 Å². The van der Waals surface area contributed by atoms with E-state index in [1.165, 1.54) is 174 Å². The fourth-order valence-electron chi connectivity index (χ4n) is 14.2. The van der Waals surface area contributed by atoms with Gasteiger partial charge in [0.2, 0.25) is 0 Å². The first-order chi connectivity index (χ1) is 41.6. The van der Waals surface area contributed by atoms with Gasteiger partial charge in [-0.15, -0.1) is 0 Å². The van der Waals surface area contributed by atoms with Crippen LogP contribution in [-0.4, -0.2) is 29.1 Å². The highest BCUT2D eigenvalue weighted by atomic mass is 15.0. The van der Waals surface area contributed by atoms with Crippen LogP contribution in [0.1, 0.15) is 90.9 Å². The average Bonchev–Trinajstić information content (AvgIpc) is 2.36. The van der Waals surface area contributed by atoms with E-state index in [1.54, 1.807) is 0 Å². The quantitative estimate of drug-likeness (QED) is 0.0488. The zero-order valence-corrected chi connectivity index (χ0v) is 48.2. The summed E-state index contributed by atoms with van der Waals surface area (Å²) in [6.45, 7) is 6.57. The summed E-state index contributed by atoms with van der Waals surface area (Å²) in [5.74, 6) is 0. The van der Waals surface area contributed by atoms with Gasteiger partial charge in [-0.05, 0) is 164 Å². The van der Waals surface area contributed by atoms with Crippen LogP contribution in [0.15, 0.2) is 207 Å². The molecule has 0 spiro atoms. The van der Waals surface area contributed by atoms with E-state index in [0.29, 0.717) is 0 Å². The Labute approximate surface area is 490 Å². The van der Waals surface area contributed by atoms with Crippen molar-refractivity contribution in [1.29, 1.82) is 0 Å². The minimum Gasteiger partial charge on any atom is -0.340 e. The number of unbranched alkanes of at least 4 members (excludes halogenated alkanes) is 10. The van der Waals surface area contributed by atoms with Crippen LogP contribution < -0.4 is 0 Å². The third-order valence-corrected chi connectivity index (χ3v) is 18.3. The molecule has 6 aromatic heterocycles. The fourth-order valence-corrected chi connectivity index (χ4v) is 14.2. The Morgan fingerprint density at radius 2 is 0.595 bits per heavy atom. The number of aromatic nitrogens is 6. The van der Waals surface area contributed by atoms with Crippen molar-refractivity contribution in [3.8, 4) is 44.5 Å². The summed E-state index contributed by atoms with van der Waals surface area (Å²) in [5.41, 5.74) is 18.6. The second kappa shape index (κ2) is 22.1. The fraction of sp³-hybridized carbons (Fsp3) is 0.205. The van der Waals surface area contributed by atoms with Crippen molar-refractivity contribution in [2.45, 2.75) is 104 Å². The van der Waals surface area contributed by atoms with E-state index < -0.39 is 0 Å². The van der Waals surface area contributed by atoms with Crippen molar-refractivity contribution >= 4 is 109 Å². The molecule has 0 N–H and O–H groups in total. The summed E-state index contributed by atoms with van der Waals surface area (Å²) >= 11 is 0. The van der Waals surface area contributed by atoms with E-state index >= 15 is 0 Å². The molecular formula is C78H68N6. The molecular weight excluding hydrogens is 1020 g/mol. The average molecular weight is 1090 g/mol. The molecule has 0 radical (unpaired) electrons. The van der Waals surface area contributed by atoms with Crippen molar-refractivity contribution < 1.29 is 0 Å². The lowest BCUT2D eigenvalue weighted by atomic mass is 9.85. The van der Waals surface area contributed by atoms with Gasteiger partial charge in [-0.1, -0.05) is 175 Å². The zero-order valence-electron chi connectivity index (χ0n) is 48.2. The third-order valence-electron chi connectivity index (χ3n) is 18.3. The van der Waals surface area contributed by atoms with Gasteiger partial charge in [-0.25, -0.2) is 0 Å². The Bertz CT molecular complexity index is 4650. The Morgan fingerprint density at radius 3 is 0.988 bits per heavy atom. The Kier molecular flexibility index (Phi) is 13.6. The lowest BCUT2D eigenvalue weighted by molar-refractivity contribution is 0.571. The number of nitrogens with zero attached hydrogens (tertiary/aromatic N) is 6. The lowest BCUT2D eigenvalue weighted by Crippen LogP contribution is -1.98. The standard InChI is InChI=1S/C78H68N6/c1-3-5-7-9-11-17-43-83-69-35-31-51(63-49-55-23-19-39-79-75(55)77-61(63)29-21-41-81-77)45-65(69)67-47-53(33-37-71(67)83)73-57-25-13-15-27-59(57)74(60-28-16-14-26-58(60)73)54-34-38-72-68(48-54)66-46-52(32-36-70(66)84(72)44-18-12-10-8-6-4-2)64-50-56-24-20-40-80-76(56)78-62(64)30-22-42-82-78/h13-16,19-42,45-50H,3-12,17-18,43-44H2,1-2H3. The number of benzene rings is 9. The summed E-state index contributed by atoms with van der Waals surface area (Å²) in [5, 5.41) is 14.6. The molecule has 0 saturated heterocycles. The Hall–Kier alpha value is -9.26. The molecule has 0 saturated carbocycles. The molecule has 410 valence electrons. The zero-order chi connectivity index (χ0) is 56.1. The second-order valence-corrected chi connectivity index (χ2v) is 23.4. The monoisotopic (exact) mass is 1090 g/mol. The number of fused-ring (bicyclic) bond motifs is 14. The molecule has 6 nitrogen and oxygen atoms in total. The summed E-state index contributed by atoms with van der Waals surface area (Å²) < 4.78 is 5.20. The molecule has 15 rings (SSSR count). The molecule has 0 unspecified atom stereocenters. The van der Waals surface area contributed by atoms with Crippen molar-refractivity contribution in [1.82, 2.24) is 29.1 Å². The summed E-state index contributed by atoms with van der Waals surface area (Å²) in [7, 11) is 0. The molecule has 0 bridgehead atoms. The molecule has 15 aromatic rings. The largest absolute Gasteiger partial charge is 0.340 e. The SMILES string of the molecule is CCCCCCCCn1c2ccc(-c3c4ccccc4c(-c4ccc5c(c4)c4cc(-c6cc7cccnc7c7ncccc67)ccc4n5CCCCCCCC)c4ccccc34)cc2c2cc(-c3cc4cccnc4c4ncccc34)ccc21. The first-order valence-corrected chi connectivity index (χ1v) is 31.0. The maximum atomic E-state index is 4.90. The van der Waals surface area contributed by atoms with E-state index in [0.717, 1.165) is 69.5 Å². The van der Waals surface area contributed by atoms with Gasteiger partial charge >= 0.3 is 0 Å². The van der Waals surface area contributed by atoms with E-state index in [1.807, 2.05) is 49.1 Å². The van der Waals surface area contributed by atoms with Gasteiger partial charge in [0.05, 0.1) is 22.1 Å². The van der Waals surface area contributed by atoms with E-state index in [2.05, 4.69) is 181 Å². The van der Waals surface area contributed by atoms with Crippen LogP contribution in [0.3, 0.4) is 0 Å². The molecule has 0 aliphatic carbocycles. The highest BCUT2D eigenvalue weighted by Crippen LogP contribution is 2.47. The van der Waals surface area contributed by atoms with Crippen LogP contribution in [0, 0.1) is 0 Å². The molecule has 9 aromatic carbocycles. The normalized spacial score (nSPS) is 12.1. The van der Waals surface area contributed by atoms with Gasteiger partial charge in [0.25, 0.3) is 0 Å². The minimum absolute atomic E-state index is 0.937. The molecule has 0 amide bonds. The van der Waals surface area contributed by atoms with Gasteiger partial charge in [0.1, 0.15) is 0 Å². The number of hydrogen-bond acceptors (Lipinski definition) is 4. The molecule has 0 aliphatic heterocycles. The van der Waals surface area contributed by atoms with Crippen molar-refractivity contribution in [2.24, 2.45) is 0 Å². The van der Waals surface area contributed by atoms with Crippen LogP contribution in [0.25, 0.3) is 153 Å². The molecule has 84 heavy (non-hydrogen) atoms. The van der Waals surface area contributed by atoms with Gasteiger partial charge in [-0.2, -0.15) is 0 Å². The lowest BCUT2D eigenvalue weighted by Gasteiger charge is -2.18. The van der Waals surface area contributed by atoms with Gasteiger partial charge in [-0.3, -0.25) is 19.9 Å². The smallest absolute Gasteiger partial charge is 0.0970 e. The predicted octanol–water partition coefficient (Wildman–Crippen LogP) is 21.8. The first-order valence-electron chi connectivity index (χ1n) is 31.0. The van der Waals surface area contributed by atoms with Gasteiger partial charge < -0.3 is 9.13 Å². The summed E-state index contributed by atoms with van der Waals surface area (Å²) in [6.07, 6.45) is 22.6. The second-order valence-electron chi connectivity index (χ2n) is 23.4. The molecule has 6 heteroatoms. The predicted molar refractivity (Wildman–Crippen MR) is 357 cm³/mol. The highest BCUT2D eigenvalue weighted by molar-refractivity contribution is 6.24. The molecule has 0 atom stereocenters. The van der Waals surface area contributed by atoms with Crippen LogP contribution in [0.5, 0.6) is 0 Å². The topological polar surface area (TPSA) is 61.4 Å². The van der Waals surface area contributed by atoms with Gasteiger partial charge in [0.15, 0.2) is 0 Å². The minimum atomic E-state index is 0.937. The van der Waals surface area contributed by atoms with Crippen LogP contribution in [-0.2, 0) is 13.1 Å². The number of rotatable bonds is 18. The van der Waals surface area contributed by atoms with Crippen molar-refractivity contribution in [3.63, 3.8) is 0 Å². The maximum Gasteiger partial charge on any atom is 0.0970 e. The van der Waals surface area contributed by atoms with E-state index in [4.69, 9.17) is 19.9 Å². The van der Waals surface area contributed by atoms with E-state index in [-0.39, 0.29) is 0 Å². The number of hydrogen-bond donors (Lipinski definition) is 0. The van der Waals surface area contributed by atoms with Crippen molar-refractivity contribution in [2.75, 3.05) is 0 Å². The first kappa shape index (κ1) is 51.6. The summed E-state index contributed by atoms with van der Waals surface area (Å²) in [6, 6.07) is 68.7. The van der Waals surface area contributed by atoms with E-state index in [9.17, 15) is 0 Å². The van der Waals surface area contributed by atoms with Gasteiger partial charge in [0, 0.05) is 103 Å². The van der Waals surface area contributed by atoms with Crippen molar-refractivity contribution in [3.05, 3.63) is 207 Å². The molecule has 0 aliphatic rings. The maximum absolute atomic E-state index is 4.90.